The Kier molecular flexibility index (Phi) is 4.85. The highest BCUT2D eigenvalue weighted by atomic mass is 35.5. The number of carbonyl (C=O) groups is 1. The Morgan fingerprint density at radius 2 is 1.59 bits per heavy atom. The molecule has 2 N–H and O–H groups in total. The number of benzene rings is 1. The van der Waals surface area contributed by atoms with E-state index in [-0.39, 0.29) is 12.1 Å². The van der Waals surface area contributed by atoms with Crippen molar-refractivity contribution in [2.75, 3.05) is 0 Å². The zero-order valence-corrected chi connectivity index (χ0v) is 11.1. The van der Waals surface area contributed by atoms with Crippen molar-refractivity contribution in [1.82, 2.24) is 0 Å². The van der Waals surface area contributed by atoms with E-state index in [1.807, 2.05) is 0 Å². The fraction of sp³-hybridized carbons (Fsp3) is 0.364. The van der Waals surface area contributed by atoms with Gasteiger partial charge in [0, 0.05) is 11.1 Å². The molecule has 1 rings (SSSR count). The quantitative estimate of drug-likeness (QED) is 0.655. The van der Waals surface area contributed by atoms with Gasteiger partial charge in [-0.15, -0.1) is 11.6 Å². The molecule has 0 aliphatic heterocycles. The first-order valence-corrected chi connectivity index (χ1v) is 5.87. The normalized spacial score (nSPS) is 13.1. The molecular formula is C11H7ClF7NO2. The Labute approximate surface area is 123 Å². The summed E-state index contributed by atoms with van der Waals surface area (Å²) in [6.45, 7) is 0. The van der Waals surface area contributed by atoms with Crippen LogP contribution in [0.5, 0.6) is 5.75 Å². The largest absolute Gasteiger partial charge is 0.435 e. The van der Waals surface area contributed by atoms with Crippen LogP contribution in [0.3, 0.4) is 0 Å². The minimum Gasteiger partial charge on any atom is -0.410 e. The molecular weight excluding hydrogens is 347 g/mol. The lowest BCUT2D eigenvalue weighted by atomic mass is 9.92. The second-order valence-corrected chi connectivity index (χ2v) is 4.30. The Morgan fingerprint density at radius 3 is 1.95 bits per heavy atom. The highest BCUT2D eigenvalue weighted by Crippen LogP contribution is 2.53. The molecule has 0 saturated heterocycles. The molecule has 0 aliphatic rings. The third-order valence-corrected chi connectivity index (χ3v) is 2.88. The second-order valence-electron chi connectivity index (χ2n) is 4.03. The van der Waals surface area contributed by atoms with Crippen LogP contribution in [0, 0.1) is 0 Å². The summed E-state index contributed by atoms with van der Waals surface area (Å²) in [5.41, 5.74) is -3.12. The van der Waals surface area contributed by atoms with Crippen LogP contribution < -0.4 is 10.5 Å². The van der Waals surface area contributed by atoms with Gasteiger partial charge in [0.05, 0.1) is 5.88 Å². The Bertz CT molecular complexity index is 557. The van der Waals surface area contributed by atoms with Crippen molar-refractivity contribution >= 4 is 17.7 Å². The Hall–Kier alpha value is -1.71. The summed E-state index contributed by atoms with van der Waals surface area (Å²) >= 11 is 5.35. The van der Waals surface area contributed by atoms with Gasteiger partial charge in [-0.3, -0.25) is 0 Å². The van der Waals surface area contributed by atoms with E-state index < -0.39 is 46.9 Å². The van der Waals surface area contributed by atoms with Gasteiger partial charge in [0.2, 0.25) is 0 Å². The van der Waals surface area contributed by atoms with E-state index in [1.165, 1.54) is 0 Å². The molecule has 124 valence electrons. The summed E-state index contributed by atoms with van der Waals surface area (Å²) in [5.74, 6) is -1.11. The molecule has 1 aromatic rings. The van der Waals surface area contributed by atoms with Gasteiger partial charge in [-0.05, 0) is 12.1 Å². The van der Waals surface area contributed by atoms with Gasteiger partial charge in [-0.2, -0.15) is 26.3 Å². The monoisotopic (exact) mass is 353 g/mol. The van der Waals surface area contributed by atoms with Gasteiger partial charge in [-0.25, -0.2) is 9.18 Å². The summed E-state index contributed by atoms with van der Waals surface area (Å²) in [7, 11) is 0. The van der Waals surface area contributed by atoms with Crippen LogP contribution in [-0.4, -0.2) is 18.4 Å². The van der Waals surface area contributed by atoms with Crippen LogP contribution in [0.1, 0.15) is 11.1 Å². The van der Waals surface area contributed by atoms with Gasteiger partial charge in [-0.1, -0.05) is 6.07 Å². The third kappa shape index (κ3) is 3.21. The van der Waals surface area contributed by atoms with Crippen molar-refractivity contribution < 1.29 is 40.3 Å². The van der Waals surface area contributed by atoms with Crippen molar-refractivity contribution in [2.45, 2.75) is 23.9 Å². The van der Waals surface area contributed by atoms with Crippen molar-refractivity contribution in [3.05, 3.63) is 29.3 Å². The first-order chi connectivity index (χ1) is 9.84. The third-order valence-electron chi connectivity index (χ3n) is 2.59. The smallest absolute Gasteiger partial charge is 0.410 e. The van der Waals surface area contributed by atoms with Gasteiger partial charge in [0.15, 0.2) is 0 Å². The summed E-state index contributed by atoms with van der Waals surface area (Å²) in [6, 6.07) is 0.950. The van der Waals surface area contributed by atoms with Crippen LogP contribution >= 0.6 is 11.6 Å². The Balaban J connectivity index is 3.50. The molecule has 0 heterocycles. The SMILES string of the molecule is NC(=O)Oc1ccc(C(F)(C(F)(F)F)C(F)(F)F)cc1CCl. The molecule has 0 fully saturated rings. The number of primary amides is 1. The number of rotatable bonds is 3. The molecule has 0 saturated carbocycles. The first-order valence-electron chi connectivity index (χ1n) is 5.33. The number of ether oxygens (including phenoxy) is 1. The van der Waals surface area contributed by atoms with E-state index in [0.717, 1.165) is 0 Å². The van der Waals surface area contributed by atoms with Crippen LogP contribution in [0.25, 0.3) is 0 Å². The average molecular weight is 354 g/mol. The first kappa shape index (κ1) is 18.3. The number of alkyl halides is 8. The number of halogens is 8. The molecule has 0 unspecified atom stereocenters. The van der Waals surface area contributed by atoms with E-state index in [4.69, 9.17) is 11.6 Å². The summed E-state index contributed by atoms with van der Waals surface area (Å²) in [6.07, 6.45) is -13.9. The van der Waals surface area contributed by atoms with E-state index in [1.54, 1.807) is 0 Å². The van der Waals surface area contributed by atoms with Gasteiger partial charge in [0.25, 0.3) is 0 Å². The summed E-state index contributed by atoms with van der Waals surface area (Å²) in [4.78, 5) is 10.6. The van der Waals surface area contributed by atoms with Crippen LogP contribution in [0.4, 0.5) is 35.5 Å². The molecule has 3 nitrogen and oxygen atoms in total. The zero-order chi connectivity index (χ0) is 17.3. The fourth-order valence-corrected chi connectivity index (χ4v) is 1.80. The minimum atomic E-state index is -6.25. The second kappa shape index (κ2) is 5.82. The van der Waals surface area contributed by atoms with E-state index in [0.29, 0.717) is 6.07 Å². The molecule has 0 radical (unpaired) electrons. The number of hydrogen-bond donors (Lipinski definition) is 1. The number of carbonyl (C=O) groups excluding carboxylic acids is 1. The van der Waals surface area contributed by atoms with Crippen molar-refractivity contribution in [3.63, 3.8) is 0 Å². The lowest BCUT2D eigenvalue weighted by molar-refractivity contribution is -0.348. The van der Waals surface area contributed by atoms with Crippen molar-refractivity contribution in [1.29, 1.82) is 0 Å². The van der Waals surface area contributed by atoms with E-state index in [9.17, 15) is 35.5 Å². The lowest BCUT2D eigenvalue weighted by Gasteiger charge is -2.30. The van der Waals surface area contributed by atoms with Gasteiger partial charge < -0.3 is 10.5 Å². The highest BCUT2D eigenvalue weighted by molar-refractivity contribution is 6.17. The maximum atomic E-state index is 13.8. The molecule has 1 amide bonds. The number of amides is 1. The average Bonchev–Trinajstić information content (AvgIpc) is 2.34. The Morgan fingerprint density at radius 1 is 1.09 bits per heavy atom. The number of hydrogen-bond acceptors (Lipinski definition) is 2. The predicted molar refractivity (Wildman–Crippen MR) is 61.1 cm³/mol. The molecule has 0 spiro atoms. The standard InChI is InChI=1S/C11H7ClF7NO2/c12-4-5-3-6(1-2-7(5)22-8(20)21)9(13,10(14,15)16)11(17,18)19/h1-3H,4H2,(H2,20,21). The van der Waals surface area contributed by atoms with E-state index >= 15 is 0 Å². The van der Waals surface area contributed by atoms with Gasteiger partial charge in [0.1, 0.15) is 5.75 Å². The summed E-state index contributed by atoms with van der Waals surface area (Å²) < 4.78 is 93.8. The summed E-state index contributed by atoms with van der Waals surface area (Å²) in [5, 5.41) is 0. The fourth-order valence-electron chi connectivity index (χ4n) is 1.59. The van der Waals surface area contributed by atoms with Gasteiger partial charge >= 0.3 is 24.1 Å². The van der Waals surface area contributed by atoms with Crippen molar-refractivity contribution in [3.8, 4) is 5.75 Å². The minimum absolute atomic E-state index is 0.190. The van der Waals surface area contributed by atoms with E-state index in [2.05, 4.69) is 10.5 Å². The molecule has 22 heavy (non-hydrogen) atoms. The topological polar surface area (TPSA) is 52.3 Å². The molecule has 0 aromatic heterocycles. The molecule has 0 aliphatic carbocycles. The lowest BCUT2D eigenvalue weighted by Crippen LogP contribution is -2.50. The zero-order valence-electron chi connectivity index (χ0n) is 10.4. The van der Waals surface area contributed by atoms with Crippen LogP contribution in [0.2, 0.25) is 0 Å². The molecule has 1 aromatic carbocycles. The predicted octanol–water partition coefficient (Wildman–Crippen LogP) is 4.17. The molecule has 11 heteroatoms. The highest BCUT2D eigenvalue weighted by Gasteiger charge is 2.73. The maximum Gasteiger partial charge on any atom is 0.435 e. The molecule has 0 bridgehead atoms. The van der Waals surface area contributed by atoms with Crippen molar-refractivity contribution in [2.24, 2.45) is 5.73 Å². The van der Waals surface area contributed by atoms with Crippen LogP contribution in [0.15, 0.2) is 18.2 Å². The number of nitrogens with two attached hydrogens (primary N) is 1. The van der Waals surface area contributed by atoms with Crippen LogP contribution in [-0.2, 0) is 11.5 Å². The maximum absolute atomic E-state index is 13.8. The molecule has 0 atom stereocenters.